The van der Waals surface area contributed by atoms with E-state index in [4.69, 9.17) is 24.6 Å². The number of hydrogen-bond donors (Lipinski definition) is 4. The van der Waals surface area contributed by atoms with Crippen LogP contribution in [0.4, 0.5) is 17.8 Å². The molecule has 64 heavy (non-hydrogen) atoms. The van der Waals surface area contributed by atoms with Crippen LogP contribution in [0.1, 0.15) is 158 Å². The van der Waals surface area contributed by atoms with E-state index in [-0.39, 0.29) is 40.8 Å². The highest BCUT2D eigenvalue weighted by atomic mass is 16.7. The van der Waals surface area contributed by atoms with E-state index >= 15 is 0 Å². The number of aliphatic hydroxyl groups excluding tert-OH is 1. The van der Waals surface area contributed by atoms with Crippen LogP contribution in [0.5, 0.6) is 0 Å². The maximum atomic E-state index is 9.62. The molecule has 1 aromatic rings. The molecule has 4 fully saturated rings. The van der Waals surface area contributed by atoms with Crippen LogP contribution in [0.2, 0.25) is 0 Å². The molecule has 2 saturated heterocycles. The molecule has 0 spiro atoms. The van der Waals surface area contributed by atoms with Crippen molar-refractivity contribution in [3.05, 3.63) is 0 Å². The Bertz CT molecular complexity index is 1330. The number of likely N-dealkylation sites (N-methyl/N-ethyl adjacent to an activating group) is 2. The molecule has 0 amide bonds. The van der Waals surface area contributed by atoms with Crippen molar-refractivity contribution < 1.29 is 14.8 Å². The molecule has 0 bridgehead atoms. The van der Waals surface area contributed by atoms with Crippen LogP contribution < -0.4 is 25.8 Å². The van der Waals surface area contributed by atoms with Crippen molar-refractivity contribution in [1.82, 2.24) is 45.5 Å². The Labute approximate surface area is 391 Å². The van der Waals surface area contributed by atoms with E-state index < -0.39 is 0 Å². The maximum Gasteiger partial charge on any atom is 0.231 e. The fourth-order valence-electron chi connectivity index (χ4n) is 11.0. The summed E-state index contributed by atoms with van der Waals surface area (Å²) in [6.45, 7) is 25.8. The predicted molar refractivity (Wildman–Crippen MR) is 266 cm³/mol. The zero-order valence-corrected chi connectivity index (χ0v) is 43.6. The molecule has 0 radical (unpaired) electrons. The van der Waals surface area contributed by atoms with Crippen molar-refractivity contribution in [2.75, 3.05) is 110 Å². The zero-order valence-electron chi connectivity index (χ0n) is 43.6. The Kier molecular flexibility index (Phi) is 21.7. The van der Waals surface area contributed by atoms with E-state index in [1.54, 1.807) is 0 Å². The average molecular weight is 903 g/mol. The Balaban J connectivity index is 0.000000477. The lowest BCUT2D eigenvalue weighted by molar-refractivity contribution is -0.310. The van der Waals surface area contributed by atoms with Gasteiger partial charge >= 0.3 is 0 Å². The minimum Gasteiger partial charge on any atom is -0.395 e. The van der Waals surface area contributed by atoms with Gasteiger partial charge in [0.15, 0.2) is 0 Å². The van der Waals surface area contributed by atoms with Crippen LogP contribution in [-0.2, 0) is 9.68 Å². The molecule has 5 rings (SSSR count). The first-order valence-electron chi connectivity index (χ1n) is 25.4. The lowest BCUT2D eigenvalue weighted by Crippen LogP contribution is -2.65. The van der Waals surface area contributed by atoms with Crippen LogP contribution in [0.25, 0.3) is 0 Å². The van der Waals surface area contributed by atoms with Gasteiger partial charge in [0.1, 0.15) is 0 Å². The van der Waals surface area contributed by atoms with Crippen molar-refractivity contribution in [3.8, 4) is 0 Å². The summed E-state index contributed by atoms with van der Waals surface area (Å²) < 4.78 is 0. The molecule has 0 atom stereocenters. The van der Waals surface area contributed by atoms with E-state index in [0.717, 1.165) is 64.5 Å². The molecule has 4 N–H and O–H groups in total. The monoisotopic (exact) mass is 903 g/mol. The van der Waals surface area contributed by atoms with E-state index in [0.29, 0.717) is 36.6 Å². The number of nitrogens with zero attached hydrogens (tertiary/aromatic N) is 9. The summed E-state index contributed by atoms with van der Waals surface area (Å²) in [6, 6.07) is 0.427. The summed E-state index contributed by atoms with van der Waals surface area (Å²) in [4.78, 5) is 37.8. The molecule has 2 aliphatic heterocycles. The molecule has 372 valence electrons. The van der Waals surface area contributed by atoms with Gasteiger partial charge in [0.05, 0.1) is 18.8 Å². The van der Waals surface area contributed by atoms with Gasteiger partial charge in [0, 0.05) is 68.0 Å². The average Bonchev–Trinajstić information content (AvgIpc) is 3.24. The summed E-state index contributed by atoms with van der Waals surface area (Å²) in [5, 5.41) is 23.8. The van der Waals surface area contributed by atoms with Crippen LogP contribution in [-0.4, -0.2) is 181 Å². The Hall–Kier alpha value is -1.95. The number of hydroxylamine groups is 4. The van der Waals surface area contributed by atoms with Crippen LogP contribution >= 0.6 is 0 Å². The predicted octanol–water partition coefficient (Wildman–Crippen LogP) is 6.79. The Morgan fingerprint density at radius 1 is 0.547 bits per heavy atom. The SMILES string of the molecule is CN(c1nc(NCCO)nc(N(C)C2CC(C)(C)N(OC3CCCCC3)C(C)(C)C2)n1)C1CC(C)(C)N(OC2CCCCC2)C(C)(C)C1.CNCCCN(C)CCN(C)CCCNC. The number of piperidine rings is 2. The van der Waals surface area contributed by atoms with Crippen LogP contribution in [0.15, 0.2) is 0 Å². The van der Waals surface area contributed by atoms with Crippen molar-refractivity contribution in [3.63, 3.8) is 0 Å². The van der Waals surface area contributed by atoms with Gasteiger partial charge in [-0.15, -0.1) is 0 Å². The summed E-state index contributed by atoms with van der Waals surface area (Å²) in [5.74, 6) is 1.81. The molecule has 15 nitrogen and oxygen atoms in total. The number of anilines is 3. The van der Waals surface area contributed by atoms with E-state index in [1.807, 2.05) is 14.1 Å². The van der Waals surface area contributed by atoms with Gasteiger partial charge in [-0.3, -0.25) is 9.68 Å². The highest BCUT2D eigenvalue weighted by Crippen LogP contribution is 2.44. The van der Waals surface area contributed by atoms with Gasteiger partial charge in [-0.1, -0.05) is 38.5 Å². The number of rotatable bonds is 22. The molecular formula is C49H98N12O3. The molecule has 0 unspecified atom stereocenters. The lowest BCUT2D eigenvalue weighted by atomic mass is 9.78. The van der Waals surface area contributed by atoms with Gasteiger partial charge in [-0.25, -0.2) is 0 Å². The zero-order chi connectivity index (χ0) is 47.1. The third-order valence-electron chi connectivity index (χ3n) is 14.3. The summed E-state index contributed by atoms with van der Waals surface area (Å²) in [6.07, 6.45) is 19.1. The highest BCUT2D eigenvalue weighted by Gasteiger charge is 2.50. The number of aliphatic hydroxyl groups is 1. The van der Waals surface area contributed by atoms with Gasteiger partial charge in [0.25, 0.3) is 0 Å². The minimum absolute atomic E-state index is 0.00565. The van der Waals surface area contributed by atoms with Crippen LogP contribution in [0.3, 0.4) is 0 Å². The molecule has 15 heteroatoms. The van der Waals surface area contributed by atoms with E-state index in [2.05, 4.69) is 129 Å². The number of aromatic nitrogens is 3. The molecule has 3 heterocycles. The second kappa shape index (κ2) is 25.4. The first kappa shape index (κ1) is 54.7. The van der Waals surface area contributed by atoms with Crippen molar-refractivity contribution in [1.29, 1.82) is 0 Å². The number of hydrogen-bond acceptors (Lipinski definition) is 15. The fourth-order valence-corrected chi connectivity index (χ4v) is 11.0. The Morgan fingerprint density at radius 2 is 0.906 bits per heavy atom. The number of nitrogens with one attached hydrogen (secondary N) is 3. The quantitative estimate of drug-likeness (QED) is 0.0911. The second-order valence-electron chi connectivity index (χ2n) is 22.3. The topological polar surface area (TPSA) is 133 Å². The molecule has 2 aliphatic carbocycles. The lowest BCUT2D eigenvalue weighted by Gasteiger charge is -2.56. The Morgan fingerprint density at radius 3 is 1.23 bits per heavy atom. The van der Waals surface area contributed by atoms with Crippen molar-refractivity contribution in [2.45, 2.75) is 205 Å². The fraction of sp³-hybridized carbons (Fsp3) is 0.939. The van der Waals surface area contributed by atoms with Crippen molar-refractivity contribution >= 4 is 17.8 Å². The van der Waals surface area contributed by atoms with Gasteiger partial charge < -0.3 is 40.7 Å². The highest BCUT2D eigenvalue weighted by molar-refractivity contribution is 5.46. The van der Waals surface area contributed by atoms with Crippen molar-refractivity contribution in [2.24, 2.45) is 0 Å². The molecular weight excluding hydrogens is 805 g/mol. The minimum atomic E-state index is -0.159. The summed E-state index contributed by atoms with van der Waals surface area (Å²) in [7, 11) is 12.7. The van der Waals surface area contributed by atoms with Crippen LogP contribution in [0, 0.1) is 0 Å². The van der Waals surface area contributed by atoms with E-state index in [9.17, 15) is 5.11 Å². The molecule has 2 saturated carbocycles. The normalized spacial score (nSPS) is 22.4. The third kappa shape index (κ3) is 16.4. The maximum absolute atomic E-state index is 9.62. The van der Waals surface area contributed by atoms with E-state index in [1.165, 1.54) is 77.5 Å². The summed E-state index contributed by atoms with van der Waals surface area (Å²) >= 11 is 0. The summed E-state index contributed by atoms with van der Waals surface area (Å²) in [5.41, 5.74) is -0.637. The molecule has 1 aromatic heterocycles. The largest absolute Gasteiger partial charge is 0.395 e. The first-order valence-corrected chi connectivity index (χ1v) is 25.4. The second-order valence-corrected chi connectivity index (χ2v) is 22.3. The molecule has 4 aliphatic rings. The van der Waals surface area contributed by atoms with Gasteiger partial charge in [-0.2, -0.15) is 25.1 Å². The smallest absolute Gasteiger partial charge is 0.231 e. The van der Waals surface area contributed by atoms with Gasteiger partial charge in [0.2, 0.25) is 17.8 Å². The molecule has 0 aromatic carbocycles. The standard InChI is InChI=1S/C37H68N8O3.C12H30N4/c1-34(2)23-27(24-35(3,4)44(34)47-29-17-13-11-14-18-29)42(9)32-39-31(38-21-22-46)40-33(41-32)43(10)28-25-36(5,6)45(37(7,8)26-28)48-30-19-15-12-16-20-30;1-13-7-5-9-15(3)11-12-16(4)10-6-8-14-2/h27-30,46H,11-26H2,1-10H3,(H,38,39,40,41);13-14H,5-12H2,1-4H3. The third-order valence-corrected chi connectivity index (χ3v) is 14.3. The van der Waals surface area contributed by atoms with Gasteiger partial charge in [-0.05, 0) is 174 Å². The first-order chi connectivity index (χ1) is 30.2.